The van der Waals surface area contributed by atoms with Crippen LogP contribution in [0.1, 0.15) is 29.1 Å². The maximum atomic E-state index is 12.2. The van der Waals surface area contributed by atoms with Gasteiger partial charge in [0.25, 0.3) is 5.91 Å². The average molecular weight is 287 g/mol. The van der Waals surface area contributed by atoms with E-state index in [0.29, 0.717) is 18.8 Å². The van der Waals surface area contributed by atoms with Crippen molar-refractivity contribution in [3.63, 3.8) is 0 Å². The SMILES string of the molecule is Cc1cc(C(=O)N2CCCC(NS(C)(=O)=O)C2)no1. The van der Waals surface area contributed by atoms with E-state index in [1.165, 1.54) is 0 Å². The largest absolute Gasteiger partial charge is 0.361 e. The maximum absolute atomic E-state index is 12.2. The van der Waals surface area contributed by atoms with E-state index in [0.717, 1.165) is 19.1 Å². The molecule has 1 aromatic rings. The number of rotatable bonds is 3. The lowest BCUT2D eigenvalue weighted by Gasteiger charge is -2.32. The van der Waals surface area contributed by atoms with Crippen molar-refractivity contribution in [3.8, 4) is 0 Å². The van der Waals surface area contributed by atoms with E-state index in [-0.39, 0.29) is 17.6 Å². The minimum atomic E-state index is -3.26. The predicted molar refractivity (Wildman–Crippen MR) is 68.1 cm³/mol. The lowest BCUT2D eigenvalue weighted by molar-refractivity contribution is 0.0692. The maximum Gasteiger partial charge on any atom is 0.276 e. The fourth-order valence-corrected chi connectivity index (χ4v) is 2.99. The monoisotopic (exact) mass is 287 g/mol. The van der Waals surface area contributed by atoms with Crippen molar-refractivity contribution in [1.82, 2.24) is 14.8 Å². The molecule has 1 aromatic heterocycles. The summed E-state index contributed by atoms with van der Waals surface area (Å²) in [6, 6.07) is 1.34. The van der Waals surface area contributed by atoms with E-state index in [2.05, 4.69) is 9.88 Å². The van der Waals surface area contributed by atoms with Gasteiger partial charge in [-0.15, -0.1) is 0 Å². The molecule has 0 spiro atoms. The zero-order valence-corrected chi connectivity index (χ0v) is 11.7. The van der Waals surface area contributed by atoms with Gasteiger partial charge in [0.15, 0.2) is 5.69 Å². The normalized spacial score (nSPS) is 20.5. The topological polar surface area (TPSA) is 92.5 Å². The van der Waals surface area contributed by atoms with Gasteiger partial charge < -0.3 is 9.42 Å². The number of hydrogen-bond acceptors (Lipinski definition) is 5. The molecule has 7 nitrogen and oxygen atoms in total. The molecule has 1 aliphatic rings. The predicted octanol–water partition coefficient (Wildman–Crippen LogP) is 0.137. The van der Waals surface area contributed by atoms with Crippen LogP contribution in [-0.4, -0.2) is 49.8 Å². The Hall–Kier alpha value is -1.41. The Morgan fingerprint density at radius 2 is 2.32 bits per heavy atom. The van der Waals surface area contributed by atoms with Gasteiger partial charge in [-0.25, -0.2) is 13.1 Å². The van der Waals surface area contributed by atoms with Crippen molar-refractivity contribution < 1.29 is 17.7 Å². The van der Waals surface area contributed by atoms with Gasteiger partial charge in [0, 0.05) is 25.2 Å². The first-order valence-corrected chi connectivity index (χ1v) is 7.94. The Bertz CT molecular complexity index is 566. The summed E-state index contributed by atoms with van der Waals surface area (Å²) in [6.07, 6.45) is 2.61. The lowest BCUT2D eigenvalue weighted by atomic mass is 10.1. The molecule has 1 aliphatic heterocycles. The molecule has 2 rings (SSSR count). The average Bonchev–Trinajstić information content (AvgIpc) is 2.73. The lowest BCUT2D eigenvalue weighted by Crippen LogP contribution is -2.49. The highest BCUT2D eigenvalue weighted by Gasteiger charge is 2.27. The molecule has 1 saturated heterocycles. The molecule has 106 valence electrons. The van der Waals surface area contributed by atoms with Crippen LogP contribution in [0.3, 0.4) is 0 Å². The van der Waals surface area contributed by atoms with Crippen LogP contribution in [0, 0.1) is 6.92 Å². The first-order valence-electron chi connectivity index (χ1n) is 6.05. The number of carbonyl (C=O) groups is 1. The summed E-state index contributed by atoms with van der Waals surface area (Å²) in [4.78, 5) is 13.8. The molecule has 8 heteroatoms. The minimum Gasteiger partial charge on any atom is -0.361 e. The number of nitrogens with zero attached hydrogens (tertiary/aromatic N) is 2. The first-order chi connectivity index (χ1) is 8.85. The Morgan fingerprint density at radius 3 is 2.89 bits per heavy atom. The van der Waals surface area contributed by atoms with Crippen LogP contribution in [0.5, 0.6) is 0 Å². The van der Waals surface area contributed by atoms with Crippen molar-refractivity contribution in [3.05, 3.63) is 17.5 Å². The van der Waals surface area contributed by atoms with Crippen LogP contribution in [0.4, 0.5) is 0 Å². The van der Waals surface area contributed by atoms with Crippen LogP contribution < -0.4 is 4.72 Å². The first kappa shape index (κ1) is 14.0. The second kappa shape index (κ2) is 5.30. The number of nitrogens with one attached hydrogen (secondary N) is 1. The molecule has 2 heterocycles. The van der Waals surface area contributed by atoms with Crippen LogP contribution >= 0.6 is 0 Å². The van der Waals surface area contributed by atoms with Gasteiger partial charge in [-0.1, -0.05) is 5.16 Å². The Labute approximate surface area is 112 Å². The van der Waals surface area contributed by atoms with E-state index in [1.807, 2.05) is 0 Å². The molecule has 0 aliphatic carbocycles. The Morgan fingerprint density at radius 1 is 1.58 bits per heavy atom. The number of aromatic nitrogens is 1. The molecule has 0 aromatic carbocycles. The van der Waals surface area contributed by atoms with Gasteiger partial charge >= 0.3 is 0 Å². The second-order valence-electron chi connectivity index (χ2n) is 4.80. The molecule has 1 amide bonds. The Balaban J connectivity index is 2.03. The van der Waals surface area contributed by atoms with Crippen molar-refractivity contribution in [2.45, 2.75) is 25.8 Å². The van der Waals surface area contributed by atoms with Crippen LogP contribution in [0.2, 0.25) is 0 Å². The molecule has 0 saturated carbocycles. The van der Waals surface area contributed by atoms with Crippen molar-refractivity contribution in [2.75, 3.05) is 19.3 Å². The molecule has 1 fully saturated rings. The highest BCUT2D eigenvalue weighted by atomic mass is 32.2. The summed E-state index contributed by atoms with van der Waals surface area (Å²) >= 11 is 0. The fourth-order valence-electron chi connectivity index (χ4n) is 2.19. The quantitative estimate of drug-likeness (QED) is 0.853. The fraction of sp³-hybridized carbons (Fsp3) is 0.636. The zero-order chi connectivity index (χ0) is 14.0. The van der Waals surface area contributed by atoms with E-state index in [9.17, 15) is 13.2 Å². The molecule has 0 bridgehead atoms. The molecular formula is C11H17N3O4S. The van der Waals surface area contributed by atoms with Gasteiger partial charge in [-0.2, -0.15) is 0 Å². The standard InChI is InChI=1S/C11H17N3O4S/c1-8-6-10(12-18-8)11(15)14-5-3-4-9(7-14)13-19(2,16)17/h6,9,13H,3-5,7H2,1-2H3. The number of likely N-dealkylation sites (tertiary alicyclic amines) is 1. The Kier molecular flexibility index (Phi) is 3.91. The van der Waals surface area contributed by atoms with Crippen molar-refractivity contribution >= 4 is 15.9 Å². The van der Waals surface area contributed by atoms with E-state index < -0.39 is 10.0 Å². The van der Waals surface area contributed by atoms with Crippen LogP contribution in [0.25, 0.3) is 0 Å². The third kappa shape index (κ3) is 3.77. The van der Waals surface area contributed by atoms with Crippen LogP contribution in [-0.2, 0) is 10.0 Å². The molecule has 1 atom stereocenters. The van der Waals surface area contributed by atoms with Crippen LogP contribution in [0.15, 0.2) is 10.6 Å². The van der Waals surface area contributed by atoms with E-state index in [4.69, 9.17) is 4.52 Å². The molecular weight excluding hydrogens is 270 g/mol. The summed E-state index contributed by atoms with van der Waals surface area (Å²) in [5.41, 5.74) is 0.262. The molecule has 19 heavy (non-hydrogen) atoms. The summed E-state index contributed by atoms with van der Waals surface area (Å²) in [7, 11) is -3.26. The molecule has 0 radical (unpaired) electrons. The third-order valence-corrected chi connectivity index (χ3v) is 3.70. The number of sulfonamides is 1. The summed E-state index contributed by atoms with van der Waals surface area (Å²) in [5, 5.41) is 3.69. The zero-order valence-electron chi connectivity index (χ0n) is 10.9. The third-order valence-electron chi connectivity index (χ3n) is 2.94. The van der Waals surface area contributed by atoms with Gasteiger partial charge in [0.05, 0.1) is 6.26 Å². The minimum absolute atomic E-state index is 0.225. The van der Waals surface area contributed by atoms with E-state index >= 15 is 0 Å². The second-order valence-corrected chi connectivity index (χ2v) is 6.58. The van der Waals surface area contributed by atoms with Crippen molar-refractivity contribution in [2.24, 2.45) is 0 Å². The number of aryl methyl sites for hydroxylation is 1. The highest BCUT2D eigenvalue weighted by molar-refractivity contribution is 7.88. The highest BCUT2D eigenvalue weighted by Crippen LogP contribution is 2.14. The van der Waals surface area contributed by atoms with Crippen molar-refractivity contribution in [1.29, 1.82) is 0 Å². The van der Waals surface area contributed by atoms with Gasteiger partial charge in [-0.05, 0) is 19.8 Å². The summed E-state index contributed by atoms with van der Waals surface area (Å²) in [6.45, 7) is 2.68. The van der Waals surface area contributed by atoms with Gasteiger partial charge in [0.2, 0.25) is 10.0 Å². The number of hydrogen-bond donors (Lipinski definition) is 1. The number of amides is 1. The summed E-state index contributed by atoms with van der Waals surface area (Å²) < 4.78 is 29.8. The van der Waals surface area contributed by atoms with Gasteiger partial charge in [0.1, 0.15) is 5.76 Å². The number of carbonyl (C=O) groups excluding carboxylic acids is 1. The summed E-state index contributed by atoms with van der Waals surface area (Å²) in [5.74, 6) is 0.350. The van der Waals surface area contributed by atoms with Gasteiger partial charge in [-0.3, -0.25) is 4.79 Å². The molecule has 1 N–H and O–H groups in total. The smallest absolute Gasteiger partial charge is 0.276 e. The number of piperidine rings is 1. The van der Waals surface area contributed by atoms with E-state index in [1.54, 1.807) is 17.9 Å². The molecule has 1 unspecified atom stereocenters.